The van der Waals surface area contributed by atoms with E-state index in [2.05, 4.69) is 20.3 Å². The van der Waals surface area contributed by atoms with Crippen molar-refractivity contribution < 1.29 is 13.2 Å². The summed E-state index contributed by atoms with van der Waals surface area (Å²) in [6.45, 7) is 3.40. The van der Waals surface area contributed by atoms with Gasteiger partial charge in [0.2, 0.25) is 10.0 Å². The lowest BCUT2D eigenvalue weighted by atomic mass is 10.1. The van der Waals surface area contributed by atoms with Crippen LogP contribution in [0.25, 0.3) is 22.3 Å². The number of nitrogens with zero attached hydrogens (tertiary/aromatic N) is 7. The van der Waals surface area contributed by atoms with Gasteiger partial charge >= 0.3 is 0 Å². The van der Waals surface area contributed by atoms with Gasteiger partial charge in [-0.1, -0.05) is 17.8 Å². The Morgan fingerprint density at radius 3 is 2.58 bits per heavy atom. The first-order valence-electron chi connectivity index (χ1n) is 9.98. The summed E-state index contributed by atoms with van der Waals surface area (Å²) in [4.78, 5) is 17.4. The van der Waals surface area contributed by atoms with E-state index >= 15 is 0 Å². The Balaban J connectivity index is 1.58. The smallest absolute Gasteiger partial charge is 0.251 e. The molecule has 12 heteroatoms. The van der Waals surface area contributed by atoms with E-state index in [1.165, 1.54) is 0 Å². The first-order valence-corrected chi connectivity index (χ1v) is 12.8. The number of thioether (sulfide) groups is 1. The first-order chi connectivity index (χ1) is 15.6. The van der Waals surface area contributed by atoms with Gasteiger partial charge in [0, 0.05) is 31.2 Å². The maximum Gasteiger partial charge on any atom is 0.251 e. The normalized spacial score (nSPS) is 11.8. The molecule has 172 valence electrons. The number of pyridine rings is 1. The maximum atomic E-state index is 13.0. The summed E-state index contributed by atoms with van der Waals surface area (Å²) >= 11 is 1.13. The summed E-state index contributed by atoms with van der Waals surface area (Å²) in [6.07, 6.45) is 2.75. The van der Waals surface area contributed by atoms with Crippen molar-refractivity contribution in [3.8, 4) is 11.4 Å². The highest BCUT2D eigenvalue weighted by Crippen LogP contribution is 2.29. The van der Waals surface area contributed by atoms with E-state index in [0.29, 0.717) is 22.4 Å². The van der Waals surface area contributed by atoms with E-state index in [9.17, 15) is 13.2 Å². The van der Waals surface area contributed by atoms with Gasteiger partial charge in [-0.05, 0) is 38.1 Å². The Bertz CT molecular complexity index is 1470. The molecule has 3 heterocycles. The van der Waals surface area contributed by atoms with E-state index < -0.39 is 15.9 Å². The Labute approximate surface area is 195 Å². The molecule has 0 saturated carbocycles. The van der Waals surface area contributed by atoms with Crippen molar-refractivity contribution in [3.63, 3.8) is 0 Å². The number of hydrogen-bond donors (Lipinski definition) is 0. The molecular formula is C21H23N7O3S2. The van der Waals surface area contributed by atoms with Crippen LogP contribution in [-0.2, 0) is 28.9 Å². The van der Waals surface area contributed by atoms with Crippen LogP contribution in [0.5, 0.6) is 0 Å². The van der Waals surface area contributed by atoms with E-state index in [-0.39, 0.29) is 11.4 Å². The molecule has 0 aliphatic heterocycles. The Morgan fingerprint density at radius 1 is 1.15 bits per heavy atom. The van der Waals surface area contributed by atoms with Crippen LogP contribution >= 0.6 is 11.8 Å². The Morgan fingerprint density at radius 2 is 1.91 bits per heavy atom. The van der Waals surface area contributed by atoms with Crippen molar-refractivity contribution >= 4 is 44.3 Å². The number of benzene rings is 1. The number of amides is 1. The van der Waals surface area contributed by atoms with Crippen molar-refractivity contribution in [1.82, 2.24) is 29.5 Å². The second-order valence-corrected chi connectivity index (χ2v) is 10.4. The maximum absolute atomic E-state index is 13.0. The number of aryl methyl sites for hydroxylation is 2. The van der Waals surface area contributed by atoms with Gasteiger partial charge in [-0.2, -0.15) is 5.10 Å². The molecule has 0 unspecified atom stereocenters. The molecule has 0 spiro atoms. The van der Waals surface area contributed by atoms with Crippen molar-refractivity contribution in [2.75, 3.05) is 16.3 Å². The number of anilines is 1. The first kappa shape index (κ1) is 22.9. The fraction of sp³-hybridized carbons (Fsp3) is 0.286. The fourth-order valence-electron chi connectivity index (χ4n) is 3.62. The molecule has 33 heavy (non-hydrogen) atoms. The number of carbonyl (C=O) groups excluding carboxylic acids is 1. The lowest BCUT2D eigenvalue weighted by molar-refractivity contribution is -0.115. The third-order valence-corrected chi connectivity index (χ3v) is 7.31. The summed E-state index contributed by atoms with van der Waals surface area (Å²) in [7, 11) is -0.345. The number of carbonyl (C=O) groups is 1. The highest BCUT2D eigenvalue weighted by molar-refractivity contribution is 8.00. The van der Waals surface area contributed by atoms with Gasteiger partial charge in [0.15, 0.2) is 11.0 Å². The topological polar surface area (TPSA) is 116 Å². The molecule has 0 bridgehead atoms. The fourth-order valence-corrected chi connectivity index (χ4v) is 5.50. The molecule has 0 fully saturated rings. The van der Waals surface area contributed by atoms with E-state index in [4.69, 9.17) is 0 Å². The molecule has 0 aliphatic carbocycles. The zero-order valence-corrected chi connectivity index (χ0v) is 20.5. The quantitative estimate of drug-likeness (QED) is 0.383. The average molecular weight is 486 g/mol. The summed E-state index contributed by atoms with van der Waals surface area (Å²) in [5.41, 5.74) is 3.08. The van der Waals surface area contributed by atoms with Crippen molar-refractivity contribution in [2.45, 2.75) is 19.0 Å². The third kappa shape index (κ3) is 4.35. The summed E-state index contributed by atoms with van der Waals surface area (Å²) in [6, 6.07) is 9.65. The lowest BCUT2D eigenvalue weighted by Gasteiger charge is -2.20. The van der Waals surface area contributed by atoms with Crippen LogP contribution in [0.1, 0.15) is 11.4 Å². The molecular weight excluding hydrogens is 462 g/mol. The zero-order chi connectivity index (χ0) is 23.9. The number of fused-ring (bicyclic) bond motifs is 1. The standard InChI is InChI=1S/C21H23N7O3S2/c1-13-19(14(2)27(4)25-13)28(33(5,30)31)18(29)12-32-21-24-23-20(26(21)3)16-8-9-17-15(11-16)7-6-10-22-17/h6-11H,12H2,1-5H3. The van der Waals surface area contributed by atoms with Crippen LogP contribution in [0.4, 0.5) is 5.69 Å². The minimum Gasteiger partial charge on any atom is -0.305 e. The zero-order valence-electron chi connectivity index (χ0n) is 18.8. The summed E-state index contributed by atoms with van der Waals surface area (Å²) in [5, 5.41) is 14.2. The SMILES string of the molecule is Cc1nn(C)c(C)c1N(C(=O)CSc1nnc(-c2ccc3ncccc3c2)n1C)S(C)(=O)=O. The molecule has 4 rings (SSSR count). The number of hydrogen-bond acceptors (Lipinski definition) is 8. The largest absolute Gasteiger partial charge is 0.305 e. The van der Waals surface area contributed by atoms with Crippen LogP contribution in [0.2, 0.25) is 0 Å². The number of rotatable bonds is 6. The molecule has 10 nitrogen and oxygen atoms in total. The third-order valence-electron chi connectivity index (χ3n) is 5.25. The predicted octanol–water partition coefficient (Wildman–Crippen LogP) is 2.47. The van der Waals surface area contributed by atoms with Crippen molar-refractivity contribution in [1.29, 1.82) is 0 Å². The second kappa shape index (κ2) is 8.60. The molecule has 0 atom stereocenters. The molecule has 1 aromatic carbocycles. The van der Waals surface area contributed by atoms with Gasteiger partial charge in [0.05, 0.1) is 28.9 Å². The van der Waals surface area contributed by atoms with Crippen molar-refractivity contribution in [3.05, 3.63) is 47.9 Å². The van der Waals surface area contributed by atoms with E-state index in [0.717, 1.165) is 38.8 Å². The van der Waals surface area contributed by atoms with E-state index in [1.807, 2.05) is 30.3 Å². The van der Waals surface area contributed by atoms with Crippen LogP contribution < -0.4 is 4.31 Å². The minimum atomic E-state index is -3.85. The molecule has 0 radical (unpaired) electrons. The monoisotopic (exact) mass is 485 g/mol. The molecule has 0 aliphatic rings. The van der Waals surface area contributed by atoms with Crippen LogP contribution in [0.15, 0.2) is 41.7 Å². The van der Waals surface area contributed by atoms with Gasteiger partial charge in [-0.15, -0.1) is 10.2 Å². The predicted molar refractivity (Wildman–Crippen MR) is 127 cm³/mol. The lowest BCUT2D eigenvalue weighted by Crippen LogP contribution is -2.38. The number of sulfonamides is 1. The second-order valence-electron chi connectivity index (χ2n) is 7.63. The van der Waals surface area contributed by atoms with Gasteiger partial charge < -0.3 is 4.57 Å². The molecule has 1 amide bonds. The molecule has 0 saturated heterocycles. The van der Waals surface area contributed by atoms with Crippen molar-refractivity contribution in [2.24, 2.45) is 14.1 Å². The summed E-state index contributed by atoms with van der Waals surface area (Å²) < 4.78 is 29.1. The minimum absolute atomic E-state index is 0.130. The van der Waals surface area contributed by atoms with E-state index in [1.54, 1.807) is 43.4 Å². The highest BCUT2D eigenvalue weighted by atomic mass is 32.2. The highest BCUT2D eigenvalue weighted by Gasteiger charge is 2.31. The van der Waals surface area contributed by atoms with Crippen LogP contribution in [0, 0.1) is 13.8 Å². The van der Waals surface area contributed by atoms with Gasteiger partial charge in [-0.25, -0.2) is 12.7 Å². The van der Waals surface area contributed by atoms with Crippen LogP contribution in [-0.4, -0.2) is 55.9 Å². The molecule has 4 aromatic rings. The summed E-state index contributed by atoms with van der Waals surface area (Å²) in [5.74, 6) is -0.0771. The molecule has 3 aromatic heterocycles. The van der Waals surface area contributed by atoms with Gasteiger partial charge in [0.1, 0.15) is 5.69 Å². The Hall–Kier alpha value is -3.25. The van der Waals surface area contributed by atoms with Gasteiger partial charge in [0.25, 0.3) is 5.91 Å². The number of aromatic nitrogens is 6. The Kier molecular flexibility index (Phi) is 5.97. The van der Waals surface area contributed by atoms with Crippen LogP contribution in [0.3, 0.4) is 0 Å². The molecule has 0 N–H and O–H groups in total. The average Bonchev–Trinajstić information content (AvgIpc) is 3.24. The van der Waals surface area contributed by atoms with Gasteiger partial charge in [-0.3, -0.25) is 14.5 Å².